The number of hydrogen-bond donors (Lipinski definition) is 1. The molecule has 0 saturated heterocycles. The normalized spacial score (nSPS) is 14.1. The van der Waals surface area contributed by atoms with Crippen LogP contribution in [0.4, 0.5) is 13.2 Å². The molecule has 0 aliphatic heterocycles. The number of benzene rings is 3. The van der Waals surface area contributed by atoms with Crippen LogP contribution in [-0.2, 0) is 5.60 Å². The van der Waals surface area contributed by atoms with E-state index in [0.717, 1.165) is 11.3 Å². The lowest BCUT2D eigenvalue weighted by molar-refractivity contribution is -0.248. The average molecular weight is 396 g/mol. The Balaban J connectivity index is 1.90. The van der Waals surface area contributed by atoms with Crippen LogP contribution in [0.5, 0.6) is 0 Å². The first-order chi connectivity index (χ1) is 13.7. The molecular formula is C23H19F3N2O. The summed E-state index contributed by atoms with van der Waals surface area (Å²) < 4.78 is 44.1. The first-order valence-corrected chi connectivity index (χ1v) is 9.12. The van der Waals surface area contributed by atoms with Gasteiger partial charge in [0.25, 0.3) is 0 Å². The molecular weight excluding hydrogens is 377 g/mol. The maximum absolute atomic E-state index is 14.2. The summed E-state index contributed by atoms with van der Waals surface area (Å²) in [4.78, 5) is 0. The number of aliphatic hydroxyl groups is 1. The van der Waals surface area contributed by atoms with E-state index in [1.54, 1.807) is 36.7 Å². The molecule has 1 heterocycles. The van der Waals surface area contributed by atoms with Crippen molar-refractivity contribution in [1.29, 1.82) is 0 Å². The minimum Gasteiger partial charge on any atom is -0.372 e. The number of hydrogen-bond acceptors (Lipinski definition) is 2. The van der Waals surface area contributed by atoms with Crippen LogP contribution in [0, 0.1) is 13.8 Å². The van der Waals surface area contributed by atoms with Crippen LogP contribution in [0.2, 0.25) is 0 Å². The predicted octanol–water partition coefficient (Wildman–Crippen LogP) is 5.44. The topological polar surface area (TPSA) is 38.1 Å². The molecule has 0 saturated carbocycles. The molecule has 0 fully saturated rings. The van der Waals surface area contributed by atoms with Gasteiger partial charge in [-0.1, -0.05) is 48.0 Å². The van der Waals surface area contributed by atoms with Gasteiger partial charge in [-0.3, -0.25) is 0 Å². The third-order valence-electron chi connectivity index (χ3n) is 5.17. The quantitative estimate of drug-likeness (QED) is 0.501. The lowest BCUT2D eigenvalue weighted by atomic mass is 9.82. The van der Waals surface area contributed by atoms with E-state index >= 15 is 0 Å². The molecule has 0 aliphatic rings. The van der Waals surface area contributed by atoms with Crippen LogP contribution < -0.4 is 0 Å². The molecule has 0 spiro atoms. The highest BCUT2D eigenvalue weighted by atomic mass is 19.4. The summed E-state index contributed by atoms with van der Waals surface area (Å²) in [5.74, 6) is 0. The highest BCUT2D eigenvalue weighted by Crippen LogP contribution is 2.46. The number of alkyl halides is 3. The largest absolute Gasteiger partial charge is 0.425 e. The third kappa shape index (κ3) is 3.09. The summed E-state index contributed by atoms with van der Waals surface area (Å²) in [5.41, 5.74) is -0.864. The zero-order valence-corrected chi connectivity index (χ0v) is 15.9. The summed E-state index contributed by atoms with van der Waals surface area (Å²) in [6.45, 7) is 3.37. The lowest BCUT2D eigenvalue weighted by Crippen LogP contribution is -2.43. The number of rotatable bonds is 3. The average Bonchev–Trinajstić information content (AvgIpc) is 3.10. The number of aryl methyl sites for hydroxylation is 2. The van der Waals surface area contributed by atoms with Crippen LogP contribution in [0.1, 0.15) is 22.3 Å². The van der Waals surface area contributed by atoms with Crippen molar-refractivity contribution in [3.8, 4) is 5.69 Å². The van der Waals surface area contributed by atoms with E-state index in [2.05, 4.69) is 5.10 Å². The zero-order valence-electron chi connectivity index (χ0n) is 15.9. The van der Waals surface area contributed by atoms with Gasteiger partial charge in [-0.05, 0) is 49.2 Å². The summed E-state index contributed by atoms with van der Waals surface area (Å²) in [7, 11) is 0. The maximum Gasteiger partial charge on any atom is 0.425 e. The van der Waals surface area contributed by atoms with Crippen molar-refractivity contribution in [1.82, 2.24) is 9.78 Å². The summed E-state index contributed by atoms with van der Waals surface area (Å²) in [6.07, 6.45) is -3.39. The van der Waals surface area contributed by atoms with Crippen molar-refractivity contribution in [3.05, 3.63) is 95.2 Å². The first-order valence-electron chi connectivity index (χ1n) is 9.12. The molecule has 0 amide bonds. The summed E-state index contributed by atoms with van der Waals surface area (Å²) in [5, 5.41) is 15.8. The second-order valence-corrected chi connectivity index (χ2v) is 7.19. The monoisotopic (exact) mass is 396 g/mol. The van der Waals surface area contributed by atoms with Gasteiger partial charge in [0.1, 0.15) is 0 Å². The third-order valence-corrected chi connectivity index (χ3v) is 5.17. The van der Waals surface area contributed by atoms with Gasteiger partial charge >= 0.3 is 6.18 Å². The molecule has 4 aromatic rings. The number of fused-ring (bicyclic) bond motifs is 1. The maximum atomic E-state index is 14.2. The Bertz CT molecular complexity index is 1180. The summed E-state index contributed by atoms with van der Waals surface area (Å²) in [6, 6.07) is 18.1. The van der Waals surface area contributed by atoms with Crippen LogP contribution in [-0.4, -0.2) is 21.1 Å². The fourth-order valence-corrected chi connectivity index (χ4v) is 3.72. The smallest absolute Gasteiger partial charge is 0.372 e. The van der Waals surface area contributed by atoms with E-state index in [9.17, 15) is 18.3 Å². The molecule has 148 valence electrons. The van der Waals surface area contributed by atoms with Gasteiger partial charge in [-0.15, -0.1) is 0 Å². The van der Waals surface area contributed by atoms with Crippen LogP contribution >= 0.6 is 0 Å². The summed E-state index contributed by atoms with van der Waals surface area (Å²) >= 11 is 0. The second kappa shape index (κ2) is 6.74. The molecule has 1 N–H and O–H groups in total. The molecule has 0 aliphatic carbocycles. The molecule has 29 heavy (non-hydrogen) atoms. The van der Waals surface area contributed by atoms with Crippen molar-refractivity contribution in [3.63, 3.8) is 0 Å². The lowest BCUT2D eigenvalue weighted by Gasteiger charge is -2.33. The van der Waals surface area contributed by atoms with Gasteiger partial charge in [0.05, 0.1) is 17.4 Å². The van der Waals surface area contributed by atoms with Crippen LogP contribution in [0.15, 0.2) is 72.9 Å². The van der Waals surface area contributed by atoms with Crippen molar-refractivity contribution in [2.45, 2.75) is 25.6 Å². The Kier molecular flexibility index (Phi) is 4.46. The van der Waals surface area contributed by atoms with Gasteiger partial charge in [-0.25, -0.2) is 4.68 Å². The fourth-order valence-electron chi connectivity index (χ4n) is 3.72. The van der Waals surface area contributed by atoms with Gasteiger partial charge < -0.3 is 5.11 Å². The Morgan fingerprint density at radius 1 is 0.897 bits per heavy atom. The van der Waals surface area contributed by atoms with E-state index in [1.807, 2.05) is 30.3 Å². The number of nitrogens with zero attached hydrogens (tertiary/aromatic N) is 2. The molecule has 6 heteroatoms. The highest BCUT2D eigenvalue weighted by molar-refractivity contribution is 5.81. The van der Waals surface area contributed by atoms with Crippen molar-refractivity contribution < 1.29 is 18.3 Å². The van der Waals surface area contributed by atoms with Crippen molar-refractivity contribution >= 4 is 10.9 Å². The van der Waals surface area contributed by atoms with E-state index in [1.165, 1.54) is 24.4 Å². The molecule has 3 nitrogen and oxygen atoms in total. The molecule has 3 aromatic carbocycles. The highest BCUT2D eigenvalue weighted by Gasteiger charge is 2.56. The van der Waals surface area contributed by atoms with Gasteiger partial charge in [0.2, 0.25) is 5.60 Å². The molecule has 1 aromatic heterocycles. The molecule has 0 radical (unpaired) electrons. The molecule has 1 unspecified atom stereocenters. The van der Waals surface area contributed by atoms with Gasteiger partial charge in [0.15, 0.2) is 0 Å². The van der Waals surface area contributed by atoms with Gasteiger partial charge in [0, 0.05) is 10.9 Å². The number of halogens is 3. The standard InChI is InChI=1S/C23H19F3N2O/c1-15-8-10-20(16(2)12-15)22(29,23(24,25)26)18-9-11-21-17(13-18)14-27-28(21)19-6-4-3-5-7-19/h3-14,29H,1-2H3. The number of aromatic nitrogens is 2. The Morgan fingerprint density at radius 2 is 1.62 bits per heavy atom. The fraction of sp³-hybridized carbons (Fsp3) is 0.174. The minimum absolute atomic E-state index is 0.176. The number of para-hydroxylation sites is 1. The second-order valence-electron chi connectivity index (χ2n) is 7.19. The Labute approximate surface area is 166 Å². The SMILES string of the molecule is Cc1ccc(C(O)(c2ccc3c(cnn3-c3ccccc3)c2)C(F)(F)F)c(C)c1. The van der Waals surface area contributed by atoms with Crippen LogP contribution in [0.3, 0.4) is 0 Å². The van der Waals surface area contributed by atoms with E-state index in [4.69, 9.17) is 0 Å². The zero-order chi connectivity index (χ0) is 20.8. The van der Waals surface area contributed by atoms with Crippen molar-refractivity contribution in [2.24, 2.45) is 0 Å². The van der Waals surface area contributed by atoms with Gasteiger partial charge in [-0.2, -0.15) is 18.3 Å². The van der Waals surface area contributed by atoms with Crippen molar-refractivity contribution in [2.75, 3.05) is 0 Å². The molecule has 1 atom stereocenters. The van der Waals surface area contributed by atoms with Crippen LogP contribution in [0.25, 0.3) is 16.6 Å². The first kappa shape index (κ1) is 19.2. The van der Waals surface area contributed by atoms with E-state index in [0.29, 0.717) is 16.5 Å². The molecule has 0 bridgehead atoms. The Hall–Kier alpha value is -3.12. The minimum atomic E-state index is -4.89. The van der Waals surface area contributed by atoms with E-state index in [-0.39, 0.29) is 11.1 Å². The predicted molar refractivity (Wildman–Crippen MR) is 106 cm³/mol. The molecule has 4 rings (SSSR count). The Morgan fingerprint density at radius 3 is 2.28 bits per heavy atom. The van der Waals surface area contributed by atoms with E-state index < -0.39 is 11.8 Å².